The Labute approximate surface area is 126 Å². The highest BCUT2D eigenvalue weighted by Crippen LogP contribution is 2.34. The van der Waals surface area contributed by atoms with Gasteiger partial charge in [-0.25, -0.2) is 9.68 Å². The number of methoxy groups -OCH3 is 1. The fraction of sp³-hybridized carbons (Fsp3) is 0.688. The lowest BCUT2D eigenvalue weighted by Crippen LogP contribution is -2.35. The SMILES string of the molecule is COC(=O)C1=CCC(C(C)(O)CC=CC(C)(C)OO)CC1. The Balaban J connectivity index is 2.61. The van der Waals surface area contributed by atoms with Crippen LogP contribution in [0.1, 0.15) is 46.5 Å². The molecule has 0 heterocycles. The van der Waals surface area contributed by atoms with Crippen LogP contribution in [0.2, 0.25) is 0 Å². The average Bonchev–Trinajstić information content (AvgIpc) is 2.46. The second-order valence-corrected chi connectivity index (χ2v) is 6.35. The zero-order valence-electron chi connectivity index (χ0n) is 13.3. The molecular formula is C16H26O5. The van der Waals surface area contributed by atoms with Crippen molar-refractivity contribution in [2.75, 3.05) is 7.11 Å². The van der Waals surface area contributed by atoms with Crippen molar-refractivity contribution in [3.8, 4) is 0 Å². The second kappa shape index (κ2) is 7.20. The number of carbonyl (C=O) groups is 1. The lowest BCUT2D eigenvalue weighted by atomic mass is 9.77. The van der Waals surface area contributed by atoms with E-state index < -0.39 is 11.2 Å². The Kier molecular flexibility index (Phi) is 6.13. The van der Waals surface area contributed by atoms with Crippen LogP contribution < -0.4 is 0 Å². The summed E-state index contributed by atoms with van der Waals surface area (Å²) in [4.78, 5) is 15.8. The zero-order chi connectivity index (χ0) is 16.1. The van der Waals surface area contributed by atoms with Crippen molar-refractivity contribution in [1.29, 1.82) is 0 Å². The van der Waals surface area contributed by atoms with Crippen LogP contribution in [0.4, 0.5) is 0 Å². The molecule has 0 spiro atoms. The number of rotatable bonds is 6. The average molecular weight is 298 g/mol. The molecular weight excluding hydrogens is 272 g/mol. The standard InChI is InChI=1S/C16H26O5/c1-15(2,21-19)10-5-11-16(3,18)13-8-6-12(7-9-13)14(17)20-4/h5-6,10,13,18-19H,7-9,11H2,1-4H3. The summed E-state index contributed by atoms with van der Waals surface area (Å²) in [7, 11) is 1.38. The molecule has 0 aliphatic heterocycles. The number of ether oxygens (including phenoxy) is 1. The van der Waals surface area contributed by atoms with Gasteiger partial charge in [0.2, 0.25) is 0 Å². The number of carbonyl (C=O) groups excluding carboxylic acids is 1. The van der Waals surface area contributed by atoms with E-state index in [9.17, 15) is 9.90 Å². The van der Waals surface area contributed by atoms with Gasteiger partial charge in [0.15, 0.2) is 0 Å². The molecule has 5 nitrogen and oxygen atoms in total. The molecule has 5 heteroatoms. The van der Waals surface area contributed by atoms with Crippen molar-refractivity contribution in [3.63, 3.8) is 0 Å². The molecule has 120 valence electrons. The van der Waals surface area contributed by atoms with E-state index in [2.05, 4.69) is 4.89 Å². The lowest BCUT2D eigenvalue weighted by molar-refractivity contribution is -0.297. The molecule has 0 amide bonds. The normalized spacial score (nSPS) is 22.8. The Hall–Kier alpha value is -1.17. The van der Waals surface area contributed by atoms with E-state index in [1.165, 1.54) is 7.11 Å². The number of hydrogen-bond acceptors (Lipinski definition) is 5. The first-order chi connectivity index (χ1) is 9.72. The first-order valence-electron chi connectivity index (χ1n) is 7.22. The minimum Gasteiger partial charge on any atom is -0.466 e. The van der Waals surface area contributed by atoms with Gasteiger partial charge in [-0.3, -0.25) is 5.26 Å². The summed E-state index contributed by atoms with van der Waals surface area (Å²) >= 11 is 0. The van der Waals surface area contributed by atoms with E-state index >= 15 is 0 Å². The smallest absolute Gasteiger partial charge is 0.333 e. The molecule has 21 heavy (non-hydrogen) atoms. The number of esters is 1. The molecule has 2 atom stereocenters. The molecule has 0 aromatic carbocycles. The maximum atomic E-state index is 11.4. The van der Waals surface area contributed by atoms with Gasteiger partial charge in [0.05, 0.1) is 12.7 Å². The van der Waals surface area contributed by atoms with E-state index in [1.807, 2.05) is 12.2 Å². The number of allylic oxidation sites excluding steroid dienone is 1. The first-order valence-corrected chi connectivity index (χ1v) is 7.22. The van der Waals surface area contributed by atoms with Crippen LogP contribution >= 0.6 is 0 Å². The third-order valence-electron chi connectivity index (χ3n) is 4.02. The molecule has 2 N–H and O–H groups in total. The third kappa shape index (κ3) is 5.26. The molecule has 1 aliphatic carbocycles. The Bertz CT molecular complexity index is 420. The van der Waals surface area contributed by atoms with Gasteiger partial charge in [-0.2, -0.15) is 0 Å². The summed E-state index contributed by atoms with van der Waals surface area (Å²) in [5.74, 6) is -0.191. The maximum absolute atomic E-state index is 11.4. The highest BCUT2D eigenvalue weighted by molar-refractivity contribution is 5.88. The molecule has 0 fully saturated rings. The molecule has 0 bridgehead atoms. The molecule has 2 unspecified atom stereocenters. The Morgan fingerprint density at radius 1 is 1.48 bits per heavy atom. The Morgan fingerprint density at radius 2 is 2.14 bits per heavy atom. The first kappa shape index (κ1) is 17.9. The number of hydrogen-bond donors (Lipinski definition) is 2. The van der Waals surface area contributed by atoms with Crippen LogP contribution in [0.3, 0.4) is 0 Å². The minimum atomic E-state index is -0.861. The highest BCUT2D eigenvalue weighted by Gasteiger charge is 2.33. The van der Waals surface area contributed by atoms with Crippen molar-refractivity contribution in [2.45, 2.75) is 57.7 Å². The van der Waals surface area contributed by atoms with Gasteiger partial charge in [-0.05, 0) is 52.4 Å². The van der Waals surface area contributed by atoms with Gasteiger partial charge in [0.25, 0.3) is 0 Å². The topological polar surface area (TPSA) is 76.0 Å². The third-order valence-corrected chi connectivity index (χ3v) is 4.02. The van der Waals surface area contributed by atoms with E-state index in [-0.39, 0.29) is 11.9 Å². The van der Waals surface area contributed by atoms with Gasteiger partial charge in [0, 0.05) is 5.57 Å². The molecule has 0 aromatic rings. The molecule has 0 saturated heterocycles. The van der Waals surface area contributed by atoms with Crippen LogP contribution in [0.25, 0.3) is 0 Å². The van der Waals surface area contributed by atoms with Crippen LogP contribution in [0.15, 0.2) is 23.8 Å². The molecule has 1 rings (SSSR count). The monoisotopic (exact) mass is 298 g/mol. The molecule has 0 saturated carbocycles. The largest absolute Gasteiger partial charge is 0.466 e. The second-order valence-electron chi connectivity index (χ2n) is 6.35. The fourth-order valence-corrected chi connectivity index (χ4v) is 2.49. The quantitative estimate of drug-likeness (QED) is 0.341. The molecule has 0 aromatic heterocycles. The Morgan fingerprint density at radius 3 is 2.62 bits per heavy atom. The van der Waals surface area contributed by atoms with Crippen molar-refractivity contribution in [2.24, 2.45) is 5.92 Å². The van der Waals surface area contributed by atoms with Crippen LogP contribution in [-0.2, 0) is 14.4 Å². The van der Waals surface area contributed by atoms with Gasteiger partial charge in [0.1, 0.15) is 5.60 Å². The summed E-state index contributed by atoms with van der Waals surface area (Å²) in [5, 5.41) is 19.3. The van der Waals surface area contributed by atoms with Gasteiger partial charge >= 0.3 is 5.97 Å². The van der Waals surface area contributed by atoms with Crippen molar-refractivity contribution >= 4 is 5.97 Å². The van der Waals surface area contributed by atoms with E-state index in [1.54, 1.807) is 26.8 Å². The van der Waals surface area contributed by atoms with Gasteiger partial charge in [-0.1, -0.05) is 18.2 Å². The van der Waals surface area contributed by atoms with Gasteiger partial charge < -0.3 is 9.84 Å². The predicted octanol–water partition coefficient (Wildman–Crippen LogP) is 2.85. The minimum absolute atomic E-state index is 0.0914. The summed E-state index contributed by atoms with van der Waals surface area (Å²) in [6.45, 7) is 5.25. The number of aliphatic hydroxyl groups is 1. The summed E-state index contributed by atoms with van der Waals surface area (Å²) < 4.78 is 4.71. The zero-order valence-corrected chi connectivity index (χ0v) is 13.3. The summed E-state index contributed by atoms with van der Waals surface area (Å²) in [6, 6.07) is 0. The fourth-order valence-electron chi connectivity index (χ4n) is 2.49. The van der Waals surface area contributed by atoms with Crippen LogP contribution in [-0.4, -0.2) is 34.6 Å². The van der Waals surface area contributed by atoms with E-state index in [0.717, 1.165) is 6.42 Å². The predicted molar refractivity (Wildman–Crippen MR) is 79.6 cm³/mol. The van der Waals surface area contributed by atoms with Crippen molar-refractivity contribution < 1.29 is 24.8 Å². The van der Waals surface area contributed by atoms with E-state index in [4.69, 9.17) is 9.99 Å². The van der Waals surface area contributed by atoms with Crippen molar-refractivity contribution in [3.05, 3.63) is 23.8 Å². The highest BCUT2D eigenvalue weighted by atomic mass is 17.1. The maximum Gasteiger partial charge on any atom is 0.333 e. The lowest BCUT2D eigenvalue weighted by Gasteiger charge is -2.34. The van der Waals surface area contributed by atoms with Crippen molar-refractivity contribution in [1.82, 2.24) is 0 Å². The van der Waals surface area contributed by atoms with Crippen LogP contribution in [0.5, 0.6) is 0 Å². The summed E-state index contributed by atoms with van der Waals surface area (Å²) in [6.07, 6.45) is 7.90. The molecule has 0 radical (unpaired) electrons. The molecule has 1 aliphatic rings. The van der Waals surface area contributed by atoms with E-state index in [0.29, 0.717) is 24.8 Å². The van der Waals surface area contributed by atoms with Crippen LogP contribution in [0, 0.1) is 5.92 Å². The van der Waals surface area contributed by atoms with Gasteiger partial charge in [-0.15, -0.1) is 0 Å². The summed E-state index contributed by atoms with van der Waals surface area (Å²) in [5.41, 5.74) is -0.934.